The number of nitro groups is 1. The number of non-ortho nitro benzene ring substituents is 1. The highest BCUT2D eigenvalue weighted by Crippen LogP contribution is 2.16. The van der Waals surface area contributed by atoms with Gasteiger partial charge in [0.25, 0.3) is 5.69 Å². The first-order valence-electron chi connectivity index (χ1n) is 6.97. The van der Waals surface area contributed by atoms with E-state index in [2.05, 4.69) is 10.3 Å². The zero-order valence-electron chi connectivity index (χ0n) is 12.7. The van der Waals surface area contributed by atoms with E-state index in [0.29, 0.717) is 13.2 Å². The summed E-state index contributed by atoms with van der Waals surface area (Å²) < 4.78 is 5.13. The summed E-state index contributed by atoms with van der Waals surface area (Å²) in [6, 6.07) is 13.9. The summed E-state index contributed by atoms with van der Waals surface area (Å²) >= 11 is 0. The van der Waals surface area contributed by atoms with Crippen LogP contribution in [0.3, 0.4) is 0 Å². The van der Waals surface area contributed by atoms with Crippen molar-refractivity contribution in [3.63, 3.8) is 0 Å². The fourth-order valence-electron chi connectivity index (χ4n) is 2.00. The number of anilines is 1. The normalized spacial score (nSPS) is 11.3. The minimum atomic E-state index is -0.435. The number of methoxy groups -OCH3 is 1. The van der Waals surface area contributed by atoms with Crippen molar-refractivity contribution in [3.05, 3.63) is 69.8 Å². The average molecular weight is 314 g/mol. The Labute approximate surface area is 133 Å². The monoisotopic (exact) mass is 314 g/mol. The smallest absolute Gasteiger partial charge is 0.269 e. The van der Waals surface area contributed by atoms with Gasteiger partial charge < -0.3 is 15.8 Å². The SMILES string of the molecule is COCc1ccccc1NC(N)=NCc1ccc([N+](=O)[O-])cc1. The second-order valence-corrected chi connectivity index (χ2v) is 4.84. The lowest BCUT2D eigenvalue weighted by Gasteiger charge is -2.10. The summed E-state index contributed by atoms with van der Waals surface area (Å²) in [4.78, 5) is 14.4. The maximum atomic E-state index is 10.6. The van der Waals surface area contributed by atoms with Gasteiger partial charge in [-0.1, -0.05) is 30.3 Å². The van der Waals surface area contributed by atoms with Crippen molar-refractivity contribution in [2.75, 3.05) is 12.4 Å². The predicted molar refractivity (Wildman–Crippen MR) is 89.2 cm³/mol. The van der Waals surface area contributed by atoms with Gasteiger partial charge in [0.2, 0.25) is 0 Å². The van der Waals surface area contributed by atoms with Gasteiger partial charge >= 0.3 is 0 Å². The summed E-state index contributed by atoms with van der Waals surface area (Å²) in [6.07, 6.45) is 0. The van der Waals surface area contributed by atoms with Crippen LogP contribution in [0.25, 0.3) is 0 Å². The number of nitrogens with one attached hydrogen (secondary N) is 1. The molecule has 0 aromatic heterocycles. The zero-order valence-corrected chi connectivity index (χ0v) is 12.7. The number of nitrogens with zero attached hydrogens (tertiary/aromatic N) is 2. The molecule has 7 nitrogen and oxygen atoms in total. The van der Waals surface area contributed by atoms with Gasteiger partial charge in [-0.15, -0.1) is 0 Å². The quantitative estimate of drug-likeness (QED) is 0.369. The van der Waals surface area contributed by atoms with Gasteiger partial charge in [-0.2, -0.15) is 0 Å². The van der Waals surface area contributed by atoms with Crippen molar-refractivity contribution in [1.82, 2.24) is 0 Å². The van der Waals surface area contributed by atoms with E-state index in [-0.39, 0.29) is 11.6 Å². The van der Waals surface area contributed by atoms with Crippen molar-refractivity contribution in [1.29, 1.82) is 0 Å². The van der Waals surface area contributed by atoms with Crippen molar-refractivity contribution >= 4 is 17.3 Å². The van der Waals surface area contributed by atoms with Crippen LogP contribution in [-0.4, -0.2) is 18.0 Å². The molecule has 2 aromatic rings. The van der Waals surface area contributed by atoms with E-state index in [9.17, 15) is 10.1 Å². The third kappa shape index (κ3) is 4.79. The van der Waals surface area contributed by atoms with E-state index in [1.807, 2.05) is 24.3 Å². The minimum Gasteiger partial charge on any atom is -0.380 e. The van der Waals surface area contributed by atoms with Crippen molar-refractivity contribution < 1.29 is 9.66 Å². The molecule has 0 aliphatic carbocycles. The maximum Gasteiger partial charge on any atom is 0.269 e. The van der Waals surface area contributed by atoms with E-state index in [1.54, 1.807) is 19.2 Å². The van der Waals surface area contributed by atoms with E-state index in [4.69, 9.17) is 10.5 Å². The molecule has 0 heterocycles. The van der Waals surface area contributed by atoms with Crippen LogP contribution in [-0.2, 0) is 17.9 Å². The Kier molecular flexibility index (Phi) is 5.65. The maximum absolute atomic E-state index is 10.6. The molecular formula is C16H18N4O3. The number of hydrogen-bond donors (Lipinski definition) is 2. The average Bonchev–Trinajstić information content (AvgIpc) is 2.55. The molecular weight excluding hydrogens is 296 g/mol. The number of rotatable bonds is 6. The van der Waals surface area contributed by atoms with Crippen molar-refractivity contribution in [2.24, 2.45) is 10.7 Å². The Balaban J connectivity index is 2.01. The first kappa shape index (κ1) is 16.4. The number of benzene rings is 2. The van der Waals surface area contributed by atoms with Crippen LogP contribution >= 0.6 is 0 Å². The predicted octanol–water partition coefficient (Wildman–Crippen LogP) is 2.67. The molecule has 2 aromatic carbocycles. The zero-order chi connectivity index (χ0) is 16.7. The highest BCUT2D eigenvalue weighted by atomic mass is 16.6. The molecule has 0 spiro atoms. The Morgan fingerprint density at radius 2 is 1.96 bits per heavy atom. The van der Waals surface area contributed by atoms with Crippen molar-refractivity contribution in [2.45, 2.75) is 13.2 Å². The van der Waals surface area contributed by atoms with Gasteiger partial charge in [-0.25, -0.2) is 4.99 Å². The molecule has 0 atom stereocenters. The summed E-state index contributed by atoms with van der Waals surface area (Å²) in [7, 11) is 1.63. The lowest BCUT2D eigenvalue weighted by Crippen LogP contribution is -2.23. The molecule has 0 fully saturated rings. The van der Waals surface area contributed by atoms with Crippen molar-refractivity contribution in [3.8, 4) is 0 Å². The first-order chi connectivity index (χ1) is 11.1. The van der Waals surface area contributed by atoms with E-state index in [0.717, 1.165) is 16.8 Å². The van der Waals surface area contributed by atoms with Gasteiger partial charge in [-0.3, -0.25) is 10.1 Å². The molecule has 0 bridgehead atoms. The Hall–Kier alpha value is -2.93. The second kappa shape index (κ2) is 7.90. The van der Waals surface area contributed by atoms with Gasteiger partial charge in [0.1, 0.15) is 0 Å². The van der Waals surface area contributed by atoms with Gasteiger partial charge in [0, 0.05) is 30.5 Å². The molecule has 0 aliphatic heterocycles. The minimum absolute atomic E-state index is 0.0531. The number of para-hydroxylation sites is 1. The third-order valence-electron chi connectivity index (χ3n) is 3.16. The largest absolute Gasteiger partial charge is 0.380 e. The number of nitro benzene ring substituents is 1. The number of nitrogens with two attached hydrogens (primary N) is 1. The lowest BCUT2D eigenvalue weighted by molar-refractivity contribution is -0.384. The molecule has 0 aliphatic rings. The fraction of sp³-hybridized carbons (Fsp3) is 0.188. The molecule has 0 saturated heterocycles. The van der Waals surface area contributed by atoms with Gasteiger partial charge in [0.15, 0.2) is 5.96 Å². The Morgan fingerprint density at radius 1 is 1.26 bits per heavy atom. The summed E-state index contributed by atoms with van der Waals surface area (Å²) in [5, 5.41) is 13.6. The number of aliphatic imine (C=N–C) groups is 1. The Bertz CT molecular complexity index is 699. The highest BCUT2D eigenvalue weighted by Gasteiger charge is 2.04. The number of hydrogen-bond acceptors (Lipinski definition) is 4. The lowest BCUT2D eigenvalue weighted by atomic mass is 10.2. The molecule has 0 unspecified atom stereocenters. The topological polar surface area (TPSA) is 103 Å². The van der Waals surface area contributed by atoms with Crippen LogP contribution in [0.5, 0.6) is 0 Å². The fourth-order valence-corrected chi connectivity index (χ4v) is 2.00. The standard InChI is InChI=1S/C16H18N4O3/c1-23-11-13-4-2-3-5-15(13)19-16(17)18-10-12-6-8-14(9-7-12)20(21)22/h2-9H,10-11H2,1H3,(H3,17,18,19). The second-order valence-electron chi connectivity index (χ2n) is 4.84. The Morgan fingerprint density at radius 3 is 2.61 bits per heavy atom. The molecule has 0 saturated carbocycles. The number of ether oxygens (including phenoxy) is 1. The van der Waals surface area contributed by atoms with Crippen LogP contribution in [0, 0.1) is 10.1 Å². The third-order valence-corrected chi connectivity index (χ3v) is 3.16. The van der Waals surface area contributed by atoms with Crippen LogP contribution in [0.1, 0.15) is 11.1 Å². The van der Waals surface area contributed by atoms with E-state index >= 15 is 0 Å². The van der Waals surface area contributed by atoms with Crippen LogP contribution in [0.4, 0.5) is 11.4 Å². The molecule has 0 radical (unpaired) electrons. The first-order valence-corrected chi connectivity index (χ1v) is 6.97. The van der Waals surface area contributed by atoms with E-state index < -0.39 is 4.92 Å². The van der Waals surface area contributed by atoms with E-state index in [1.165, 1.54) is 12.1 Å². The summed E-state index contributed by atoms with van der Waals surface area (Å²) in [5.74, 6) is 0.270. The van der Waals surface area contributed by atoms with Crippen LogP contribution in [0.2, 0.25) is 0 Å². The molecule has 3 N–H and O–H groups in total. The molecule has 7 heteroatoms. The summed E-state index contributed by atoms with van der Waals surface area (Å²) in [5.41, 5.74) is 8.59. The molecule has 2 rings (SSSR count). The summed E-state index contributed by atoms with van der Waals surface area (Å²) in [6.45, 7) is 0.808. The number of guanidine groups is 1. The van der Waals surface area contributed by atoms with Gasteiger partial charge in [-0.05, 0) is 11.6 Å². The molecule has 23 heavy (non-hydrogen) atoms. The highest BCUT2D eigenvalue weighted by molar-refractivity contribution is 5.92. The molecule has 0 amide bonds. The van der Waals surface area contributed by atoms with Crippen LogP contribution in [0.15, 0.2) is 53.5 Å². The van der Waals surface area contributed by atoms with Gasteiger partial charge in [0.05, 0.1) is 18.1 Å². The molecule has 120 valence electrons. The van der Waals surface area contributed by atoms with Crippen LogP contribution < -0.4 is 11.1 Å².